The number of hydrogen-bond acceptors (Lipinski definition) is 2. The molecular formula is C30H20N4. The molecule has 0 saturated carbocycles. The minimum atomic E-state index is 0.896. The van der Waals surface area contributed by atoms with Gasteiger partial charge in [-0.2, -0.15) is 0 Å². The smallest absolute Gasteiger partial charge is 0.138 e. The molecule has 34 heavy (non-hydrogen) atoms. The molecule has 0 saturated heterocycles. The van der Waals surface area contributed by atoms with E-state index in [2.05, 4.69) is 99.2 Å². The Labute approximate surface area is 196 Å². The van der Waals surface area contributed by atoms with Crippen LogP contribution in [0, 0.1) is 0 Å². The van der Waals surface area contributed by atoms with Gasteiger partial charge in [-0.15, -0.1) is 0 Å². The topological polar surface area (TPSA) is 35.6 Å². The molecule has 7 rings (SSSR count). The molecule has 3 aromatic carbocycles. The quantitative estimate of drug-likeness (QED) is 0.294. The maximum absolute atomic E-state index is 5.07. The number of aromatic nitrogens is 4. The van der Waals surface area contributed by atoms with Crippen molar-refractivity contribution in [3.8, 4) is 22.8 Å². The van der Waals surface area contributed by atoms with Crippen LogP contribution in [0.15, 0.2) is 122 Å². The van der Waals surface area contributed by atoms with Gasteiger partial charge in [-0.3, -0.25) is 9.55 Å². The second-order valence-corrected chi connectivity index (χ2v) is 8.39. The third kappa shape index (κ3) is 2.79. The van der Waals surface area contributed by atoms with E-state index >= 15 is 0 Å². The van der Waals surface area contributed by atoms with Gasteiger partial charge in [0, 0.05) is 46.0 Å². The van der Waals surface area contributed by atoms with Crippen molar-refractivity contribution in [2.45, 2.75) is 0 Å². The summed E-state index contributed by atoms with van der Waals surface area (Å²) >= 11 is 0. The van der Waals surface area contributed by atoms with Crippen LogP contribution >= 0.6 is 0 Å². The van der Waals surface area contributed by atoms with Crippen molar-refractivity contribution < 1.29 is 0 Å². The molecule has 0 radical (unpaired) electrons. The SMILES string of the molecule is c1ccc(-n2ccc3c2ccc2c4ccccc4n(-c4cccc(-c5cccnc5)n4)c23)cc1. The summed E-state index contributed by atoms with van der Waals surface area (Å²) in [5.74, 6) is 0.896. The minimum Gasteiger partial charge on any atom is -0.316 e. The highest BCUT2D eigenvalue weighted by molar-refractivity contribution is 6.18. The summed E-state index contributed by atoms with van der Waals surface area (Å²) < 4.78 is 4.54. The fraction of sp³-hybridized carbons (Fsp3) is 0. The van der Waals surface area contributed by atoms with Crippen LogP contribution < -0.4 is 0 Å². The van der Waals surface area contributed by atoms with Crippen LogP contribution in [0.1, 0.15) is 0 Å². The van der Waals surface area contributed by atoms with Crippen LogP contribution in [0.5, 0.6) is 0 Å². The first-order valence-corrected chi connectivity index (χ1v) is 11.3. The molecule has 0 fully saturated rings. The van der Waals surface area contributed by atoms with E-state index in [1.807, 2.05) is 30.5 Å². The Balaban J connectivity index is 1.56. The van der Waals surface area contributed by atoms with E-state index in [1.165, 1.54) is 27.2 Å². The van der Waals surface area contributed by atoms with Crippen LogP contribution in [0.4, 0.5) is 0 Å². The van der Waals surface area contributed by atoms with Gasteiger partial charge in [-0.05, 0) is 54.6 Å². The maximum atomic E-state index is 5.07. The van der Waals surface area contributed by atoms with Gasteiger partial charge in [0.05, 0.1) is 22.2 Å². The lowest BCUT2D eigenvalue weighted by Gasteiger charge is -2.10. The molecule has 160 valence electrons. The molecule has 0 aliphatic rings. The first-order chi connectivity index (χ1) is 16.9. The number of pyridine rings is 2. The Bertz CT molecular complexity index is 1790. The summed E-state index contributed by atoms with van der Waals surface area (Å²) in [7, 11) is 0. The number of benzene rings is 3. The second-order valence-electron chi connectivity index (χ2n) is 8.39. The molecule has 0 aliphatic carbocycles. The Morgan fingerprint density at radius 3 is 2.35 bits per heavy atom. The molecule has 0 bridgehead atoms. The van der Waals surface area contributed by atoms with E-state index in [0.717, 1.165) is 28.3 Å². The van der Waals surface area contributed by atoms with E-state index in [4.69, 9.17) is 4.98 Å². The molecular weight excluding hydrogens is 416 g/mol. The van der Waals surface area contributed by atoms with Gasteiger partial charge in [0.2, 0.25) is 0 Å². The van der Waals surface area contributed by atoms with Crippen LogP contribution in [0.2, 0.25) is 0 Å². The summed E-state index contributed by atoms with van der Waals surface area (Å²) in [6.45, 7) is 0. The van der Waals surface area contributed by atoms with Gasteiger partial charge in [0.25, 0.3) is 0 Å². The molecule has 0 amide bonds. The van der Waals surface area contributed by atoms with E-state index in [0.29, 0.717) is 0 Å². The van der Waals surface area contributed by atoms with Gasteiger partial charge in [-0.25, -0.2) is 4.98 Å². The molecule has 0 spiro atoms. The molecule has 7 aromatic rings. The van der Waals surface area contributed by atoms with Crippen LogP contribution in [-0.4, -0.2) is 19.1 Å². The van der Waals surface area contributed by atoms with Crippen molar-refractivity contribution in [1.82, 2.24) is 19.1 Å². The zero-order valence-corrected chi connectivity index (χ0v) is 18.3. The van der Waals surface area contributed by atoms with E-state index < -0.39 is 0 Å². The van der Waals surface area contributed by atoms with E-state index in [-0.39, 0.29) is 0 Å². The first kappa shape index (κ1) is 18.8. The second kappa shape index (κ2) is 7.42. The average molecular weight is 437 g/mol. The third-order valence-corrected chi connectivity index (χ3v) is 6.46. The highest BCUT2D eigenvalue weighted by Crippen LogP contribution is 2.37. The molecule has 4 heteroatoms. The number of para-hydroxylation sites is 2. The summed E-state index contributed by atoms with van der Waals surface area (Å²) in [6, 6.07) is 35.9. The average Bonchev–Trinajstić information content (AvgIpc) is 3.49. The zero-order valence-electron chi connectivity index (χ0n) is 18.3. The first-order valence-electron chi connectivity index (χ1n) is 11.3. The predicted molar refractivity (Wildman–Crippen MR) is 139 cm³/mol. The molecule has 4 nitrogen and oxygen atoms in total. The third-order valence-electron chi connectivity index (χ3n) is 6.46. The van der Waals surface area contributed by atoms with Crippen molar-refractivity contribution in [2.24, 2.45) is 0 Å². The van der Waals surface area contributed by atoms with Gasteiger partial charge in [0.1, 0.15) is 5.82 Å². The highest BCUT2D eigenvalue weighted by Gasteiger charge is 2.17. The standard InChI is InChI=1S/C30H20N4/c1-2-9-22(10-3-1)33-19-17-25-27(33)16-15-24-23-11-4-5-13-28(23)34(30(24)25)29-14-6-12-26(32-29)21-8-7-18-31-20-21/h1-20H. The monoisotopic (exact) mass is 436 g/mol. The lowest BCUT2D eigenvalue weighted by Crippen LogP contribution is -1.99. The number of rotatable bonds is 3. The zero-order chi connectivity index (χ0) is 22.5. The van der Waals surface area contributed by atoms with Gasteiger partial charge >= 0.3 is 0 Å². The highest BCUT2D eigenvalue weighted by atomic mass is 15.1. The van der Waals surface area contributed by atoms with Crippen molar-refractivity contribution >= 4 is 32.7 Å². The molecule has 0 N–H and O–H groups in total. The minimum absolute atomic E-state index is 0.896. The van der Waals surface area contributed by atoms with E-state index in [1.54, 1.807) is 6.20 Å². The Kier molecular flexibility index (Phi) is 4.11. The van der Waals surface area contributed by atoms with Gasteiger partial charge in [0.15, 0.2) is 0 Å². The fourth-order valence-electron chi connectivity index (χ4n) is 4.95. The Morgan fingerprint density at radius 2 is 1.47 bits per heavy atom. The molecule has 4 heterocycles. The van der Waals surface area contributed by atoms with Crippen molar-refractivity contribution in [3.05, 3.63) is 122 Å². The largest absolute Gasteiger partial charge is 0.316 e. The maximum Gasteiger partial charge on any atom is 0.138 e. The Morgan fingerprint density at radius 1 is 0.588 bits per heavy atom. The molecule has 0 aliphatic heterocycles. The van der Waals surface area contributed by atoms with Crippen LogP contribution in [0.25, 0.3) is 55.5 Å². The number of nitrogens with zero attached hydrogens (tertiary/aromatic N) is 4. The molecule has 0 unspecified atom stereocenters. The fourth-order valence-corrected chi connectivity index (χ4v) is 4.95. The lowest BCUT2D eigenvalue weighted by atomic mass is 10.1. The van der Waals surface area contributed by atoms with E-state index in [9.17, 15) is 0 Å². The summed E-state index contributed by atoms with van der Waals surface area (Å²) in [6.07, 6.45) is 5.80. The predicted octanol–water partition coefficient (Wildman–Crippen LogP) is 7.18. The lowest BCUT2D eigenvalue weighted by molar-refractivity contribution is 1.08. The number of fused-ring (bicyclic) bond motifs is 5. The molecule has 0 atom stereocenters. The van der Waals surface area contributed by atoms with Crippen molar-refractivity contribution in [1.29, 1.82) is 0 Å². The Hall–Kier alpha value is -4.70. The molecule has 4 aromatic heterocycles. The summed E-state index contributed by atoms with van der Waals surface area (Å²) in [5, 5.41) is 3.65. The number of hydrogen-bond donors (Lipinski definition) is 0. The van der Waals surface area contributed by atoms with Crippen molar-refractivity contribution in [3.63, 3.8) is 0 Å². The summed E-state index contributed by atoms with van der Waals surface area (Å²) in [4.78, 5) is 9.35. The normalized spacial score (nSPS) is 11.5. The van der Waals surface area contributed by atoms with Crippen LogP contribution in [0.3, 0.4) is 0 Å². The summed E-state index contributed by atoms with van der Waals surface area (Å²) in [5.41, 5.74) is 6.55. The van der Waals surface area contributed by atoms with Gasteiger partial charge in [-0.1, -0.05) is 48.5 Å². The van der Waals surface area contributed by atoms with Crippen LogP contribution in [-0.2, 0) is 0 Å². The van der Waals surface area contributed by atoms with Gasteiger partial charge < -0.3 is 4.57 Å². The van der Waals surface area contributed by atoms with Crippen molar-refractivity contribution in [2.75, 3.05) is 0 Å².